The van der Waals surface area contributed by atoms with Gasteiger partial charge in [-0.2, -0.15) is 0 Å². The normalized spacial score (nSPS) is 22.4. The van der Waals surface area contributed by atoms with E-state index >= 15 is 0 Å². The molecule has 0 aliphatic carbocycles. The summed E-state index contributed by atoms with van der Waals surface area (Å²) < 4.78 is 24.9. The van der Waals surface area contributed by atoms with Crippen molar-refractivity contribution < 1.29 is 13.9 Å². The van der Waals surface area contributed by atoms with E-state index in [-0.39, 0.29) is 11.7 Å². The third kappa shape index (κ3) is 3.22. The molecule has 2 aliphatic rings. The van der Waals surface area contributed by atoms with Gasteiger partial charge in [0.05, 0.1) is 38.2 Å². The Labute approximate surface area is 139 Å². The van der Waals surface area contributed by atoms with Crippen molar-refractivity contribution in [2.75, 3.05) is 24.6 Å². The largest absolute Gasteiger partial charge is 0.373 e. The molecule has 24 heavy (non-hydrogen) atoms. The maximum Gasteiger partial charge on any atom is 0.225 e. The molecule has 2 fully saturated rings. The van der Waals surface area contributed by atoms with Crippen LogP contribution in [0.4, 0.5) is 10.3 Å². The van der Waals surface area contributed by atoms with Gasteiger partial charge in [-0.3, -0.25) is 4.98 Å². The molecule has 4 rings (SSSR count). The highest BCUT2D eigenvalue weighted by atomic mass is 19.1. The summed E-state index contributed by atoms with van der Waals surface area (Å²) in [5.41, 5.74) is 0.878. The maximum absolute atomic E-state index is 12.9. The van der Waals surface area contributed by atoms with Crippen molar-refractivity contribution in [3.05, 3.63) is 48.3 Å². The van der Waals surface area contributed by atoms with E-state index in [1.54, 1.807) is 6.20 Å². The summed E-state index contributed by atoms with van der Waals surface area (Å²) in [7, 11) is 0. The fraction of sp³-hybridized carbons (Fsp3) is 0.471. The molecule has 0 bridgehead atoms. The number of rotatable bonds is 4. The fourth-order valence-electron chi connectivity index (χ4n) is 3.30. The minimum Gasteiger partial charge on any atom is -0.373 e. The van der Waals surface area contributed by atoms with Crippen LogP contribution in [0.2, 0.25) is 0 Å². The zero-order valence-corrected chi connectivity index (χ0v) is 13.3. The molecule has 0 amide bonds. The summed E-state index contributed by atoms with van der Waals surface area (Å²) in [6.07, 6.45) is 7.89. The van der Waals surface area contributed by atoms with E-state index in [4.69, 9.17) is 9.47 Å². The van der Waals surface area contributed by atoms with Crippen molar-refractivity contribution in [2.45, 2.75) is 31.2 Å². The number of nitrogens with zero attached hydrogens (tertiary/aromatic N) is 4. The Morgan fingerprint density at radius 3 is 2.88 bits per heavy atom. The van der Waals surface area contributed by atoms with Gasteiger partial charge in [0.1, 0.15) is 5.60 Å². The summed E-state index contributed by atoms with van der Waals surface area (Å²) in [5, 5.41) is 0. The number of pyridine rings is 1. The Bertz CT molecular complexity index is 677. The quantitative estimate of drug-likeness (QED) is 0.854. The van der Waals surface area contributed by atoms with Crippen molar-refractivity contribution in [1.82, 2.24) is 15.0 Å². The third-order valence-corrected chi connectivity index (χ3v) is 4.50. The number of halogens is 1. The highest BCUT2D eigenvalue weighted by molar-refractivity contribution is 5.37. The van der Waals surface area contributed by atoms with E-state index in [0.717, 1.165) is 18.4 Å². The second kappa shape index (κ2) is 6.41. The van der Waals surface area contributed by atoms with E-state index in [0.29, 0.717) is 32.3 Å². The molecular formula is C17H19FN4O2. The molecule has 0 aromatic carbocycles. The molecule has 0 radical (unpaired) electrons. The topological polar surface area (TPSA) is 60.4 Å². The Balaban J connectivity index is 1.32. The summed E-state index contributed by atoms with van der Waals surface area (Å²) in [5.74, 6) is 0.121. The monoisotopic (exact) mass is 330 g/mol. The average Bonchev–Trinajstić information content (AvgIpc) is 2.60. The molecule has 4 heterocycles. The number of anilines is 1. The Hall–Kier alpha value is -2.12. The van der Waals surface area contributed by atoms with Gasteiger partial charge < -0.3 is 14.4 Å². The molecular weight excluding hydrogens is 311 g/mol. The molecule has 2 aromatic heterocycles. The molecule has 0 N–H and O–H groups in total. The maximum atomic E-state index is 12.9. The molecule has 1 atom stereocenters. The van der Waals surface area contributed by atoms with E-state index < -0.39 is 5.82 Å². The van der Waals surface area contributed by atoms with Crippen LogP contribution >= 0.6 is 0 Å². The summed E-state index contributed by atoms with van der Waals surface area (Å²) in [6.45, 7) is 2.69. The van der Waals surface area contributed by atoms with Crippen LogP contribution in [0.25, 0.3) is 0 Å². The first-order valence-electron chi connectivity index (χ1n) is 8.09. The summed E-state index contributed by atoms with van der Waals surface area (Å²) in [6, 6.07) is 3.93. The van der Waals surface area contributed by atoms with E-state index in [1.165, 1.54) is 12.4 Å². The standard InChI is InChI=1S/C17H19FN4O2/c18-14-8-20-16(21-9-14)22-11-17(12-22)6-15(3-5-24-17)23-10-13-2-1-4-19-7-13/h1-2,4,7-9,15H,3,5-6,10-12H2/t15-/m0/s1. The first-order chi connectivity index (χ1) is 11.7. The van der Waals surface area contributed by atoms with Gasteiger partial charge in [-0.15, -0.1) is 0 Å². The van der Waals surface area contributed by atoms with E-state index in [1.807, 2.05) is 23.2 Å². The van der Waals surface area contributed by atoms with Gasteiger partial charge in [-0.1, -0.05) is 6.07 Å². The van der Waals surface area contributed by atoms with Crippen molar-refractivity contribution in [1.29, 1.82) is 0 Å². The van der Waals surface area contributed by atoms with E-state index in [2.05, 4.69) is 15.0 Å². The Kier molecular flexibility index (Phi) is 4.12. The first kappa shape index (κ1) is 15.4. The highest BCUT2D eigenvalue weighted by Crippen LogP contribution is 2.36. The number of ether oxygens (including phenoxy) is 2. The van der Waals surface area contributed by atoms with Crippen LogP contribution in [-0.2, 0) is 16.1 Å². The zero-order chi connectivity index (χ0) is 16.4. The molecule has 0 unspecified atom stereocenters. The zero-order valence-electron chi connectivity index (χ0n) is 13.3. The average molecular weight is 330 g/mol. The number of hydrogen-bond acceptors (Lipinski definition) is 6. The predicted molar refractivity (Wildman–Crippen MR) is 84.9 cm³/mol. The lowest BCUT2D eigenvalue weighted by Crippen LogP contribution is -2.66. The summed E-state index contributed by atoms with van der Waals surface area (Å²) >= 11 is 0. The van der Waals surface area contributed by atoms with Gasteiger partial charge in [0.25, 0.3) is 0 Å². The van der Waals surface area contributed by atoms with Crippen molar-refractivity contribution in [3.8, 4) is 0 Å². The molecule has 2 aromatic rings. The van der Waals surface area contributed by atoms with Gasteiger partial charge in [0.2, 0.25) is 5.95 Å². The van der Waals surface area contributed by atoms with Crippen LogP contribution in [0.1, 0.15) is 18.4 Å². The lowest BCUT2D eigenvalue weighted by Gasteiger charge is -2.52. The molecule has 1 spiro atoms. The first-order valence-corrected chi connectivity index (χ1v) is 8.09. The van der Waals surface area contributed by atoms with Crippen molar-refractivity contribution >= 4 is 5.95 Å². The van der Waals surface area contributed by atoms with Crippen molar-refractivity contribution in [2.24, 2.45) is 0 Å². The third-order valence-electron chi connectivity index (χ3n) is 4.50. The lowest BCUT2D eigenvalue weighted by atomic mass is 9.85. The molecule has 0 saturated carbocycles. The van der Waals surface area contributed by atoms with Crippen LogP contribution in [0.15, 0.2) is 36.9 Å². The van der Waals surface area contributed by atoms with Gasteiger partial charge in [-0.25, -0.2) is 14.4 Å². The van der Waals surface area contributed by atoms with Gasteiger partial charge in [-0.05, 0) is 18.1 Å². The fourth-order valence-corrected chi connectivity index (χ4v) is 3.30. The lowest BCUT2D eigenvalue weighted by molar-refractivity contribution is -0.148. The molecule has 7 heteroatoms. The van der Waals surface area contributed by atoms with Crippen LogP contribution in [0, 0.1) is 5.82 Å². The second-order valence-corrected chi connectivity index (χ2v) is 6.38. The Morgan fingerprint density at radius 1 is 1.29 bits per heavy atom. The highest BCUT2D eigenvalue weighted by Gasteiger charge is 2.48. The minimum absolute atomic E-state index is 0.176. The minimum atomic E-state index is -0.424. The number of aromatic nitrogens is 3. The van der Waals surface area contributed by atoms with Crippen LogP contribution in [-0.4, -0.2) is 46.4 Å². The molecule has 2 saturated heterocycles. The Morgan fingerprint density at radius 2 is 2.12 bits per heavy atom. The van der Waals surface area contributed by atoms with Crippen LogP contribution in [0.5, 0.6) is 0 Å². The molecule has 126 valence electrons. The van der Waals surface area contributed by atoms with E-state index in [9.17, 15) is 4.39 Å². The number of hydrogen-bond donors (Lipinski definition) is 0. The predicted octanol–water partition coefficient (Wildman–Crippen LogP) is 1.97. The van der Waals surface area contributed by atoms with Gasteiger partial charge >= 0.3 is 0 Å². The molecule has 2 aliphatic heterocycles. The molecule has 6 nitrogen and oxygen atoms in total. The smallest absolute Gasteiger partial charge is 0.225 e. The van der Waals surface area contributed by atoms with Gasteiger partial charge in [0.15, 0.2) is 5.82 Å². The van der Waals surface area contributed by atoms with Gasteiger partial charge in [0, 0.05) is 25.4 Å². The van der Waals surface area contributed by atoms with Crippen LogP contribution < -0.4 is 4.90 Å². The second-order valence-electron chi connectivity index (χ2n) is 6.38. The van der Waals surface area contributed by atoms with Crippen molar-refractivity contribution in [3.63, 3.8) is 0 Å². The van der Waals surface area contributed by atoms with Crippen LogP contribution in [0.3, 0.4) is 0 Å². The summed E-state index contributed by atoms with van der Waals surface area (Å²) in [4.78, 5) is 14.1. The SMILES string of the molecule is Fc1cnc(N2CC3(C[C@@H](OCc4cccnc4)CCO3)C2)nc1.